The van der Waals surface area contributed by atoms with Crippen LogP contribution in [0.1, 0.15) is 45.7 Å². The van der Waals surface area contributed by atoms with Gasteiger partial charge in [0.2, 0.25) is 6.23 Å². The average molecular weight is 493 g/mol. The number of esters is 1. The van der Waals surface area contributed by atoms with Gasteiger partial charge in [-0.15, -0.1) is 0 Å². The van der Waals surface area contributed by atoms with Gasteiger partial charge in [0.15, 0.2) is 11.5 Å². The third-order valence-corrected chi connectivity index (χ3v) is 6.22. The number of carbonyl (C=O) groups excluding carboxylic acids is 1. The highest BCUT2D eigenvalue weighted by Crippen LogP contribution is 2.51. The first-order valence-corrected chi connectivity index (χ1v) is 11.0. The van der Waals surface area contributed by atoms with Crippen LogP contribution < -0.4 is 9.47 Å². The lowest BCUT2D eigenvalue weighted by molar-refractivity contribution is -0.0209. The van der Waals surface area contributed by atoms with Gasteiger partial charge in [0, 0.05) is 22.0 Å². The summed E-state index contributed by atoms with van der Waals surface area (Å²) in [6.07, 6.45) is 0.284. The van der Waals surface area contributed by atoms with E-state index < -0.39 is 6.23 Å². The molecule has 0 aromatic heterocycles. The van der Waals surface area contributed by atoms with Crippen molar-refractivity contribution in [1.82, 2.24) is 5.01 Å². The lowest BCUT2D eigenvalue weighted by atomic mass is 9.95. The van der Waals surface area contributed by atoms with Crippen molar-refractivity contribution >= 4 is 27.6 Å². The second kappa shape index (κ2) is 8.31. The molecule has 2 atom stereocenters. The van der Waals surface area contributed by atoms with Crippen molar-refractivity contribution in [2.24, 2.45) is 5.10 Å². The Morgan fingerprint density at radius 2 is 1.84 bits per heavy atom. The fourth-order valence-electron chi connectivity index (χ4n) is 4.20. The first-order chi connectivity index (χ1) is 15.6. The van der Waals surface area contributed by atoms with E-state index in [-0.39, 0.29) is 12.0 Å². The summed E-state index contributed by atoms with van der Waals surface area (Å²) in [6.45, 7) is 0. The van der Waals surface area contributed by atoms with Crippen molar-refractivity contribution in [2.75, 3.05) is 14.2 Å². The molecule has 7 heteroatoms. The molecule has 5 rings (SSSR count). The van der Waals surface area contributed by atoms with Gasteiger partial charge in [0.25, 0.3) is 0 Å². The normalized spacial score (nSPS) is 18.8. The molecule has 0 saturated carbocycles. The second-order valence-corrected chi connectivity index (χ2v) is 8.54. The number of fused-ring (bicyclic) bond motifs is 3. The van der Waals surface area contributed by atoms with E-state index in [9.17, 15) is 4.79 Å². The number of methoxy groups -OCH3 is 2. The van der Waals surface area contributed by atoms with Crippen molar-refractivity contribution < 1.29 is 19.0 Å². The van der Waals surface area contributed by atoms with Gasteiger partial charge in [-0.25, -0.2) is 9.80 Å². The van der Waals surface area contributed by atoms with Gasteiger partial charge >= 0.3 is 5.97 Å². The number of hydrogen-bond donors (Lipinski definition) is 0. The average Bonchev–Trinajstić information content (AvgIpc) is 3.29. The van der Waals surface area contributed by atoms with E-state index >= 15 is 0 Å². The Morgan fingerprint density at radius 1 is 1.09 bits per heavy atom. The number of hydrazone groups is 1. The summed E-state index contributed by atoms with van der Waals surface area (Å²) in [5.41, 5.74) is 4.48. The van der Waals surface area contributed by atoms with Crippen molar-refractivity contribution in [2.45, 2.75) is 18.7 Å². The van der Waals surface area contributed by atoms with Crippen LogP contribution in [0.3, 0.4) is 0 Å². The molecule has 2 aliphatic heterocycles. The third kappa shape index (κ3) is 3.52. The molecule has 0 unspecified atom stereocenters. The summed E-state index contributed by atoms with van der Waals surface area (Å²) in [4.78, 5) is 11.9. The lowest BCUT2D eigenvalue weighted by Gasteiger charge is -2.38. The highest BCUT2D eigenvalue weighted by atomic mass is 79.9. The fourth-order valence-corrected chi connectivity index (χ4v) is 4.66. The van der Waals surface area contributed by atoms with Crippen molar-refractivity contribution in [3.05, 3.63) is 93.5 Å². The Balaban J connectivity index is 1.60. The number of benzene rings is 3. The molecular formula is C25H21BrN2O4. The summed E-state index contributed by atoms with van der Waals surface area (Å²) >= 11 is 3.59. The van der Waals surface area contributed by atoms with E-state index in [0.717, 1.165) is 33.3 Å². The predicted octanol–water partition coefficient (Wildman–Crippen LogP) is 5.49. The predicted molar refractivity (Wildman–Crippen MR) is 124 cm³/mol. The minimum atomic E-state index is -0.463. The van der Waals surface area contributed by atoms with Crippen LogP contribution in [0.4, 0.5) is 0 Å². The number of halogens is 1. The van der Waals surface area contributed by atoms with Crippen molar-refractivity contribution in [3.8, 4) is 11.5 Å². The van der Waals surface area contributed by atoms with Crippen molar-refractivity contribution in [3.63, 3.8) is 0 Å². The van der Waals surface area contributed by atoms with Gasteiger partial charge in [0.05, 0.1) is 31.5 Å². The molecule has 0 fully saturated rings. The Labute approximate surface area is 194 Å². The van der Waals surface area contributed by atoms with Crippen LogP contribution in [0.25, 0.3) is 0 Å². The Bertz CT molecular complexity index is 1190. The maximum Gasteiger partial charge on any atom is 0.337 e. The molecule has 6 nitrogen and oxygen atoms in total. The topological polar surface area (TPSA) is 60.4 Å². The first-order valence-electron chi connectivity index (χ1n) is 10.2. The molecule has 32 heavy (non-hydrogen) atoms. The number of ether oxygens (including phenoxy) is 3. The van der Waals surface area contributed by atoms with Gasteiger partial charge in [-0.2, -0.15) is 5.10 Å². The van der Waals surface area contributed by atoms with Crippen molar-refractivity contribution in [1.29, 1.82) is 0 Å². The summed E-state index contributed by atoms with van der Waals surface area (Å²) < 4.78 is 17.8. The molecule has 0 amide bonds. The number of nitrogens with zero attached hydrogens (tertiary/aromatic N) is 2. The number of rotatable bonds is 4. The minimum Gasteiger partial charge on any atom is -0.493 e. The molecule has 3 aromatic rings. The molecule has 0 bridgehead atoms. The van der Waals surface area contributed by atoms with Crippen LogP contribution in [0.5, 0.6) is 11.5 Å². The van der Waals surface area contributed by atoms with Crippen LogP contribution in [0.2, 0.25) is 0 Å². The zero-order valence-electron chi connectivity index (χ0n) is 17.6. The highest BCUT2D eigenvalue weighted by Gasteiger charge is 2.42. The molecule has 162 valence electrons. The fraction of sp³-hybridized carbons (Fsp3) is 0.200. The van der Waals surface area contributed by atoms with Gasteiger partial charge in [0.1, 0.15) is 0 Å². The van der Waals surface area contributed by atoms with Crippen LogP contribution in [-0.4, -0.2) is 30.9 Å². The molecule has 0 N–H and O–H groups in total. The Kier molecular flexibility index (Phi) is 5.35. The monoisotopic (exact) mass is 492 g/mol. The molecular weight excluding hydrogens is 472 g/mol. The van der Waals surface area contributed by atoms with Gasteiger partial charge in [-0.1, -0.05) is 58.4 Å². The largest absolute Gasteiger partial charge is 0.493 e. The van der Waals surface area contributed by atoms with E-state index in [4.69, 9.17) is 19.3 Å². The van der Waals surface area contributed by atoms with E-state index in [0.29, 0.717) is 17.1 Å². The lowest BCUT2D eigenvalue weighted by Crippen LogP contribution is -2.34. The summed E-state index contributed by atoms with van der Waals surface area (Å²) in [5.74, 6) is 1.00. The molecule has 2 aliphatic rings. The standard InChI is InChI=1S/C25H21BrN2O4/c1-30-22-13-18(26)12-19-21-14-20(15-6-4-3-5-7-15)27-28(21)24(32-23(19)22)16-8-10-17(11-9-16)25(29)31-2/h3-13,21,24H,14H2,1-2H3/t21-,24-/m1/s1. The summed E-state index contributed by atoms with van der Waals surface area (Å²) in [6, 6.07) is 21.4. The molecule has 3 aromatic carbocycles. The summed E-state index contributed by atoms with van der Waals surface area (Å²) in [7, 11) is 3.01. The van der Waals surface area contributed by atoms with E-state index in [1.807, 2.05) is 41.4 Å². The number of hydrogen-bond acceptors (Lipinski definition) is 6. The first kappa shape index (κ1) is 20.6. The minimum absolute atomic E-state index is 0.00867. The van der Waals surface area contributed by atoms with Crippen LogP contribution in [-0.2, 0) is 4.74 Å². The van der Waals surface area contributed by atoms with E-state index in [1.54, 1.807) is 19.2 Å². The molecule has 0 spiro atoms. The third-order valence-electron chi connectivity index (χ3n) is 5.76. The SMILES string of the molecule is COC(=O)c1ccc([C@H]2Oc3c(OC)cc(Br)cc3[C@H]3CC(c4ccccc4)=NN32)cc1. The van der Waals surface area contributed by atoms with Gasteiger partial charge < -0.3 is 14.2 Å². The van der Waals surface area contributed by atoms with Crippen LogP contribution >= 0.6 is 15.9 Å². The highest BCUT2D eigenvalue weighted by molar-refractivity contribution is 9.10. The number of carbonyl (C=O) groups is 1. The Hall–Kier alpha value is -3.32. The smallest absolute Gasteiger partial charge is 0.337 e. The second-order valence-electron chi connectivity index (χ2n) is 7.62. The van der Waals surface area contributed by atoms with Gasteiger partial charge in [-0.05, 0) is 29.8 Å². The molecule has 0 aliphatic carbocycles. The molecule has 0 radical (unpaired) electrons. The zero-order valence-corrected chi connectivity index (χ0v) is 19.2. The zero-order chi connectivity index (χ0) is 22.2. The molecule has 2 heterocycles. The van der Waals surface area contributed by atoms with E-state index in [2.05, 4.69) is 34.1 Å². The maximum atomic E-state index is 11.9. The van der Waals surface area contributed by atoms with Crippen LogP contribution in [0.15, 0.2) is 76.3 Å². The van der Waals surface area contributed by atoms with Gasteiger partial charge in [-0.3, -0.25) is 0 Å². The van der Waals surface area contributed by atoms with E-state index in [1.165, 1.54) is 7.11 Å². The maximum absolute atomic E-state index is 11.9. The summed E-state index contributed by atoms with van der Waals surface area (Å²) in [5, 5.41) is 6.98. The Morgan fingerprint density at radius 3 is 2.53 bits per heavy atom. The molecule has 0 saturated heterocycles. The quantitative estimate of drug-likeness (QED) is 0.450. The van der Waals surface area contributed by atoms with Crippen LogP contribution in [0, 0.1) is 0 Å².